The van der Waals surface area contributed by atoms with Crippen molar-refractivity contribution in [1.82, 2.24) is 0 Å². The standard InChI is InChI=1S/C16H13NO2S/c18-15-12-8-10-6-7-20-14(10)9-13(12)16(19)17(15)11-4-2-1-3-5-11/h1-7,12-13H,8-9H2. The van der Waals surface area contributed by atoms with Crippen molar-refractivity contribution >= 4 is 28.8 Å². The number of anilines is 1. The second-order valence-corrected chi connectivity index (χ2v) is 6.34. The number of para-hydroxylation sites is 1. The van der Waals surface area contributed by atoms with E-state index in [1.54, 1.807) is 11.3 Å². The Labute approximate surface area is 120 Å². The number of imide groups is 1. The molecule has 0 saturated carbocycles. The van der Waals surface area contributed by atoms with Gasteiger partial charge in [-0.1, -0.05) is 18.2 Å². The van der Waals surface area contributed by atoms with Gasteiger partial charge in [0.2, 0.25) is 11.8 Å². The highest BCUT2D eigenvalue weighted by Gasteiger charge is 2.50. The Kier molecular flexibility index (Phi) is 2.54. The summed E-state index contributed by atoms with van der Waals surface area (Å²) in [5.74, 6) is -0.424. The summed E-state index contributed by atoms with van der Waals surface area (Å²) in [7, 11) is 0. The van der Waals surface area contributed by atoms with Crippen LogP contribution in [0.4, 0.5) is 5.69 Å². The molecule has 1 aromatic carbocycles. The molecule has 1 aliphatic carbocycles. The van der Waals surface area contributed by atoms with Crippen LogP contribution in [0.2, 0.25) is 0 Å². The molecule has 2 aromatic rings. The second-order valence-electron chi connectivity index (χ2n) is 5.34. The first-order chi connectivity index (χ1) is 9.75. The Hall–Kier alpha value is -1.94. The molecule has 1 fully saturated rings. The lowest BCUT2D eigenvalue weighted by Crippen LogP contribution is -2.30. The fourth-order valence-electron chi connectivity index (χ4n) is 3.24. The largest absolute Gasteiger partial charge is 0.274 e. The first-order valence-electron chi connectivity index (χ1n) is 6.74. The summed E-state index contributed by atoms with van der Waals surface area (Å²) in [5.41, 5.74) is 1.94. The molecular formula is C16H13NO2S. The van der Waals surface area contributed by atoms with Gasteiger partial charge in [-0.2, -0.15) is 0 Å². The van der Waals surface area contributed by atoms with Crippen LogP contribution in [0.1, 0.15) is 10.4 Å². The maximum atomic E-state index is 12.6. The zero-order valence-electron chi connectivity index (χ0n) is 10.8. The monoisotopic (exact) mass is 283 g/mol. The minimum Gasteiger partial charge on any atom is -0.274 e. The third kappa shape index (κ3) is 1.58. The summed E-state index contributed by atoms with van der Waals surface area (Å²) in [6.07, 6.45) is 1.42. The molecule has 100 valence electrons. The number of carbonyl (C=O) groups is 2. The van der Waals surface area contributed by atoms with Gasteiger partial charge in [0.05, 0.1) is 17.5 Å². The first kappa shape index (κ1) is 11.9. The van der Waals surface area contributed by atoms with Crippen molar-refractivity contribution in [1.29, 1.82) is 0 Å². The number of thiophene rings is 1. The second kappa shape index (κ2) is 4.28. The van der Waals surface area contributed by atoms with Crippen LogP contribution in [0.15, 0.2) is 41.8 Å². The highest BCUT2D eigenvalue weighted by molar-refractivity contribution is 7.10. The lowest BCUT2D eigenvalue weighted by Gasteiger charge is -2.20. The van der Waals surface area contributed by atoms with Crippen LogP contribution in [-0.4, -0.2) is 11.8 Å². The quantitative estimate of drug-likeness (QED) is 0.755. The summed E-state index contributed by atoms with van der Waals surface area (Å²) < 4.78 is 0. The van der Waals surface area contributed by atoms with Crippen molar-refractivity contribution in [3.8, 4) is 0 Å². The van der Waals surface area contributed by atoms with Gasteiger partial charge in [0, 0.05) is 4.88 Å². The molecule has 20 heavy (non-hydrogen) atoms. The third-order valence-electron chi connectivity index (χ3n) is 4.26. The average Bonchev–Trinajstić information content (AvgIpc) is 3.02. The molecule has 1 aliphatic heterocycles. The SMILES string of the molecule is O=C1C2Cc3ccsc3CC2C(=O)N1c1ccccc1. The number of fused-ring (bicyclic) bond motifs is 2. The molecule has 2 unspecified atom stereocenters. The van der Waals surface area contributed by atoms with Crippen molar-refractivity contribution in [2.45, 2.75) is 12.8 Å². The minimum absolute atomic E-state index is 0.0368. The molecule has 2 atom stereocenters. The molecule has 0 spiro atoms. The van der Waals surface area contributed by atoms with Crippen LogP contribution in [-0.2, 0) is 22.4 Å². The molecule has 1 aromatic heterocycles. The van der Waals surface area contributed by atoms with E-state index in [-0.39, 0.29) is 23.7 Å². The van der Waals surface area contributed by atoms with Gasteiger partial charge in [0.15, 0.2) is 0 Å². The molecule has 2 amide bonds. The Morgan fingerprint density at radius 1 is 0.950 bits per heavy atom. The molecule has 1 saturated heterocycles. The van der Waals surface area contributed by atoms with Crippen molar-refractivity contribution in [2.24, 2.45) is 11.8 Å². The van der Waals surface area contributed by atoms with Gasteiger partial charge in [-0.25, -0.2) is 0 Å². The van der Waals surface area contributed by atoms with E-state index in [1.807, 2.05) is 30.3 Å². The van der Waals surface area contributed by atoms with E-state index in [0.29, 0.717) is 18.5 Å². The maximum absolute atomic E-state index is 12.6. The summed E-state index contributed by atoms with van der Waals surface area (Å²) in [6.45, 7) is 0. The number of hydrogen-bond donors (Lipinski definition) is 0. The van der Waals surface area contributed by atoms with Crippen LogP contribution in [0.3, 0.4) is 0 Å². The molecule has 0 bridgehead atoms. The molecule has 2 heterocycles. The topological polar surface area (TPSA) is 37.4 Å². The van der Waals surface area contributed by atoms with Gasteiger partial charge in [-0.15, -0.1) is 11.3 Å². The Balaban J connectivity index is 1.73. The van der Waals surface area contributed by atoms with E-state index in [2.05, 4.69) is 11.4 Å². The zero-order valence-corrected chi connectivity index (χ0v) is 11.6. The summed E-state index contributed by atoms with van der Waals surface area (Å²) in [4.78, 5) is 27.8. The molecule has 0 N–H and O–H groups in total. The Morgan fingerprint density at radius 2 is 1.65 bits per heavy atom. The fourth-order valence-corrected chi connectivity index (χ4v) is 4.21. The molecular weight excluding hydrogens is 270 g/mol. The average molecular weight is 283 g/mol. The van der Waals surface area contributed by atoms with E-state index in [1.165, 1.54) is 15.3 Å². The smallest absolute Gasteiger partial charge is 0.238 e. The van der Waals surface area contributed by atoms with E-state index < -0.39 is 0 Å². The number of nitrogens with zero attached hydrogens (tertiary/aromatic N) is 1. The van der Waals surface area contributed by atoms with Crippen LogP contribution < -0.4 is 4.90 Å². The van der Waals surface area contributed by atoms with Crippen LogP contribution in [0.5, 0.6) is 0 Å². The molecule has 2 aliphatic rings. The zero-order chi connectivity index (χ0) is 13.7. The summed E-state index contributed by atoms with van der Waals surface area (Å²) in [5, 5.41) is 2.05. The molecule has 4 heteroatoms. The highest BCUT2D eigenvalue weighted by atomic mass is 32.1. The van der Waals surface area contributed by atoms with E-state index in [0.717, 1.165) is 0 Å². The molecule has 4 rings (SSSR count). The van der Waals surface area contributed by atoms with E-state index in [4.69, 9.17) is 0 Å². The summed E-state index contributed by atoms with van der Waals surface area (Å²) in [6, 6.07) is 11.3. The predicted molar refractivity (Wildman–Crippen MR) is 77.6 cm³/mol. The third-order valence-corrected chi connectivity index (χ3v) is 5.24. The lowest BCUT2D eigenvalue weighted by molar-refractivity contribution is -0.122. The van der Waals surface area contributed by atoms with Crippen molar-refractivity contribution in [2.75, 3.05) is 4.90 Å². The van der Waals surface area contributed by atoms with Crippen LogP contribution in [0, 0.1) is 11.8 Å². The Morgan fingerprint density at radius 3 is 2.40 bits per heavy atom. The predicted octanol–water partition coefficient (Wildman–Crippen LogP) is 2.65. The maximum Gasteiger partial charge on any atom is 0.238 e. The number of rotatable bonds is 1. The fraction of sp³-hybridized carbons (Fsp3) is 0.250. The lowest BCUT2D eigenvalue weighted by atomic mass is 9.81. The summed E-state index contributed by atoms with van der Waals surface area (Å²) >= 11 is 1.69. The van der Waals surface area contributed by atoms with Gasteiger partial charge < -0.3 is 0 Å². The minimum atomic E-state index is -0.176. The van der Waals surface area contributed by atoms with Crippen LogP contribution in [0.25, 0.3) is 0 Å². The van der Waals surface area contributed by atoms with Gasteiger partial charge in [0.1, 0.15) is 0 Å². The first-order valence-corrected chi connectivity index (χ1v) is 7.62. The Bertz CT molecular complexity index is 653. The number of hydrogen-bond acceptors (Lipinski definition) is 3. The van der Waals surface area contributed by atoms with Crippen molar-refractivity contribution in [3.05, 3.63) is 52.2 Å². The number of carbonyl (C=O) groups excluding carboxylic acids is 2. The van der Waals surface area contributed by atoms with Crippen LogP contribution >= 0.6 is 11.3 Å². The van der Waals surface area contributed by atoms with E-state index >= 15 is 0 Å². The van der Waals surface area contributed by atoms with Gasteiger partial charge >= 0.3 is 0 Å². The molecule has 3 nitrogen and oxygen atoms in total. The van der Waals surface area contributed by atoms with Gasteiger partial charge in [-0.05, 0) is 42.0 Å². The highest BCUT2D eigenvalue weighted by Crippen LogP contribution is 2.40. The van der Waals surface area contributed by atoms with E-state index in [9.17, 15) is 9.59 Å². The number of benzene rings is 1. The molecule has 0 radical (unpaired) electrons. The van der Waals surface area contributed by atoms with Crippen molar-refractivity contribution in [3.63, 3.8) is 0 Å². The number of amides is 2. The van der Waals surface area contributed by atoms with Gasteiger partial charge in [0.25, 0.3) is 0 Å². The van der Waals surface area contributed by atoms with Crippen molar-refractivity contribution < 1.29 is 9.59 Å². The van der Waals surface area contributed by atoms with Gasteiger partial charge in [-0.3, -0.25) is 14.5 Å². The normalized spacial score (nSPS) is 24.7.